The van der Waals surface area contributed by atoms with Crippen LogP contribution in [0, 0.1) is 0 Å². The first-order valence-electron chi connectivity index (χ1n) is 2.45. The maximum Gasteiger partial charge on any atom is 0.216 e. The Bertz CT molecular complexity index is 43.3. The summed E-state index contributed by atoms with van der Waals surface area (Å²) in [5.41, 5.74) is 0. The second-order valence-corrected chi connectivity index (χ2v) is 0.806. The third kappa shape index (κ3) is 30.5. The Morgan fingerprint density at radius 2 is 1.57 bits per heavy atom. The van der Waals surface area contributed by atoms with Gasteiger partial charge in [0.25, 0.3) is 0 Å². The fourth-order valence-electron chi connectivity index (χ4n) is 0. The van der Waals surface area contributed by atoms with Crippen molar-refractivity contribution in [1.82, 2.24) is 5.32 Å². The van der Waals surface area contributed by atoms with Gasteiger partial charge in [-0.25, -0.2) is 0 Å². The molecule has 0 saturated heterocycles. The van der Waals surface area contributed by atoms with E-state index in [1.54, 1.807) is 7.05 Å². The molecule has 0 rings (SSSR count). The molecule has 0 heterocycles. The lowest BCUT2D eigenvalue weighted by atomic mass is 10.7. The molecule has 0 aliphatic heterocycles. The molecule has 2 nitrogen and oxygen atoms in total. The van der Waals surface area contributed by atoms with Gasteiger partial charge in [-0.1, -0.05) is 13.8 Å². The Kier molecular flexibility index (Phi) is 12.6. The minimum Gasteiger partial charge on any atom is -0.359 e. The molecule has 44 valence electrons. The van der Waals surface area contributed by atoms with Crippen molar-refractivity contribution in [3.05, 3.63) is 0 Å². The van der Waals surface area contributed by atoms with Gasteiger partial charge in [0.2, 0.25) is 5.91 Å². The smallest absolute Gasteiger partial charge is 0.216 e. The van der Waals surface area contributed by atoms with Crippen molar-refractivity contribution in [2.24, 2.45) is 0 Å². The van der Waals surface area contributed by atoms with Crippen molar-refractivity contribution in [2.45, 2.75) is 20.8 Å². The summed E-state index contributed by atoms with van der Waals surface area (Å²) in [7, 11) is 1.60. The van der Waals surface area contributed by atoms with Crippen LogP contribution in [-0.2, 0) is 4.79 Å². The molecule has 0 unspecified atom stereocenters. The van der Waals surface area contributed by atoms with Crippen LogP contribution in [0.2, 0.25) is 0 Å². The zero-order valence-corrected chi connectivity index (χ0v) is 5.41. The van der Waals surface area contributed by atoms with E-state index in [1.807, 2.05) is 13.8 Å². The van der Waals surface area contributed by atoms with Gasteiger partial charge in [0, 0.05) is 14.0 Å². The molecular weight excluding hydrogens is 90.1 g/mol. The fourth-order valence-corrected chi connectivity index (χ4v) is 0. The molecule has 0 aromatic rings. The van der Waals surface area contributed by atoms with E-state index in [4.69, 9.17) is 0 Å². The third-order valence-electron chi connectivity index (χ3n) is 0.352. The molecule has 0 bridgehead atoms. The van der Waals surface area contributed by atoms with E-state index in [1.165, 1.54) is 6.92 Å². The van der Waals surface area contributed by atoms with Crippen molar-refractivity contribution in [3.8, 4) is 0 Å². The third-order valence-corrected chi connectivity index (χ3v) is 0.352. The highest BCUT2D eigenvalue weighted by molar-refractivity contribution is 5.72. The summed E-state index contributed by atoms with van der Waals surface area (Å²) in [6, 6.07) is 0. The van der Waals surface area contributed by atoms with Gasteiger partial charge in [-0.2, -0.15) is 0 Å². The van der Waals surface area contributed by atoms with E-state index in [9.17, 15) is 4.79 Å². The lowest BCUT2D eigenvalue weighted by Crippen LogP contribution is -2.11. The molecule has 0 fully saturated rings. The molecule has 0 aliphatic carbocycles. The van der Waals surface area contributed by atoms with Gasteiger partial charge < -0.3 is 5.32 Å². The van der Waals surface area contributed by atoms with Gasteiger partial charge in [-0.3, -0.25) is 4.79 Å². The van der Waals surface area contributed by atoms with Crippen molar-refractivity contribution in [3.63, 3.8) is 0 Å². The number of carbonyl (C=O) groups is 1. The summed E-state index contributed by atoms with van der Waals surface area (Å²) in [6.45, 7) is 5.47. The van der Waals surface area contributed by atoms with Crippen LogP contribution in [0.1, 0.15) is 20.8 Å². The van der Waals surface area contributed by atoms with Crippen LogP contribution in [0.25, 0.3) is 0 Å². The van der Waals surface area contributed by atoms with Crippen LogP contribution in [-0.4, -0.2) is 13.0 Å². The highest BCUT2D eigenvalue weighted by Gasteiger charge is 1.72. The quantitative estimate of drug-likeness (QED) is 0.482. The Balaban J connectivity index is 0. The molecule has 7 heavy (non-hydrogen) atoms. The second kappa shape index (κ2) is 9.08. The average molecular weight is 103 g/mol. The van der Waals surface area contributed by atoms with Gasteiger partial charge in [-0.15, -0.1) is 0 Å². The lowest BCUT2D eigenvalue weighted by molar-refractivity contribution is -0.118. The number of carbonyl (C=O) groups excluding carboxylic acids is 1. The van der Waals surface area contributed by atoms with Crippen LogP contribution in [0.5, 0.6) is 0 Å². The maximum absolute atomic E-state index is 9.70. The zero-order valence-electron chi connectivity index (χ0n) is 5.41. The highest BCUT2D eigenvalue weighted by atomic mass is 16.1. The Morgan fingerprint density at radius 3 is 1.57 bits per heavy atom. The molecule has 0 aromatic heterocycles. The minimum absolute atomic E-state index is 0.00463. The Labute approximate surface area is 44.9 Å². The Morgan fingerprint density at radius 1 is 1.43 bits per heavy atom. The highest BCUT2D eigenvalue weighted by Crippen LogP contribution is 1.45. The van der Waals surface area contributed by atoms with Gasteiger partial charge in [-0.05, 0) is 0 Å². The zero-order chi connectivity index (χ0) is 6.28. The summed E-state index contributed by atoms with van der Waals surface area (Å²) >= 11 is 0. The van der Waals surface area contributed by atoms with Crippen LogP contribution in [0.3, 0.4) is 0 Å². The van der Waals surface area contributed by atoms with Gasteiger partial charge in [0.15, 0.2) is 0 Å². The van der Waals surface area contributed by atoms with Crippen LogP contribution >= 0.6 is 0 Å². The first kappa shape index (κ1) is 9.69. The van der Waals surface area contributed by atoms with E-state index in [-0.39, 0.29) is 5.91 Å². The molecule has 0 spiro atoms. The standard InChI is InChI=1S/C3H7NO.C2H6/c1-3(5)4-2;1-2/h1-2H3,(H,4,5);1-2H3. The monoisotopic (exact) mass is 103 g/mol. The largest absolute Gasteiger partial charge is 0.359 e. The molecule has 2 heteroatoms. The first-order valence-corrected chi connectivity index (χ1v) is 2.45. The fraction of sp³-hybridized carbons (Fsp3) is 0.800. The van der Waals surface area contributed by atoms with Gasteiger partial charge in [0.1, 0.15) is 0 Å². The number of amides is 1. The van der Waals surface area contributed by atoms with Crippen molar-refractivity contribution in [2.75, 3.05) is 7.05 Å². The van der Waals surface area contributed by atoms with Crippen molar-refractivity contribution >= 4 is 5.91 Å². The van der Waals surface area contributed by atoms with Gasteiger partial charge >= 0.3 is 0 Å². The lowest BCUT2D eigenvalue weighted by Gasteiger charge is -1.80. The van der Waals surface area contributed by atoms with E-state index >= 15 is 0 Å². The van der Waals surface area contributed by atoms with Crippen molar-refractivity contribution in [1.29, 1.82) is 0 Å². The van der Waals surface area contributed by atoms with Crippen LogP contribution in [0.15, 0.2) is 0 Å². The van der Waals surface area contributed by atoms with E-state index in [2.05, 4.69) is 5.32 Å². The van der Waals surface area contributed by atoms with Gasteiger partial charge in [0.05, 0.1) is 0 Å². The Hall–Kier alpha value is -0.530. The second-order valence-electron chi connectivity index (χ2n) is 0.806. The van der Waals surface area contributed by atoms with Crippen LogP contribution < -0.4 is 5.32 Å². The maximum atomic E-state index is 9.70. The van der Waals surface area contributed by atoms with E-state index in [0.29, 0.717) is 0 Å². The van der Waals surface area contributed by atoms with Crippen LogP contribution in [0.4, 0.5) is 0 Å². The molecule has 0 radical (unpaired) electrons. The molecule has 0 aromatic carbocycles. The molecule has 0 saturated carbocycles. The summed E-state index contributed by atoms with van der Waals surface area (Å²) in [6.07, 6.45) is 0. The number of hydrogen-bond acceptors (Lipinski definition) is 1. The summed E-state index contributed by atoms with van der Waals surface area (Å²) in [5.74, 6) is 0.00463. The molecule has 1 N–H and O–H groups in total. The van der Waals surface area contributed by atoms with E-state index in [0.717, 1.165) is 0 Å². The molecule has 1 amide bonds. The summed E-state index contributed by atoms with van der Waals surface area (Å²) < 4.78 is 0. The molecule has 0 atom stereocenters. The predicted molar refractivity (Wildman–Crippen MR) is 31.1 cm³/mol. The normalized spacial score (nSPS) is 5.71. The topological polar surface area (TPSA) is 29.1 Å². The first-order chi connectivity index (χ1) is 3.27. The SMILES string of the molecule is CC.CNC(C)=O. The summed E-state index contributed by atoms with van der Waals surface area (Å²) in [5, 5.41) is 2.39. The average Bonchev–Trinajstić information content (AvgIpc) is 1.73. The molecule has 0 aliphatic rings. The van der Waals surface area contributed by atoms with E-state index < -0.39 is 0 Å². The predicted octanol–water partition coefficient (Wildman–Crippen LogP) is 0.778. The summed E-state index contributed by atoms with van der Waals surface area (Å²) in [4.78, 5) is 9.70. The number of hydrogen-bond donors (Lipinski definition) is 1. The number of nitrogens with one attached hydrogen (secondary N) is 1. The van der Waals surface area contributed by atoms with Crippen molar-refractivity contribution < 1.29 is 4.79 Å². The number of rotatable bonds is 0. The minimum atomic E-state index is 0.00463. The molecular formula is C5H13NO.